The van der Waals surface area contributed by atoms with Gasteiger partial charge in [0.15, 0.2) is 6.10 Å². The molecule has 126 valence electrons. The van der Waals surface area contributed by atoms with E-state index in [9.17, 15) is 8.42 Å². The predicted molar refractivity (Wildman–Crippen MR) is 88.3 cm³/mol. The normalized spacial score (nSPS) is 23.0. The van der Waals surface area contributed by atoms with E-state index < -0.39 is 16.3 Å². The Balaban J connectivity index is 1.60. The highest BCUT2D eigenvalue weighted by molar-refractivity contribution is 7.86. The first-order chi connectivity index (χ1) is 11.6. The van der Waals surface area contributed by atoms with Gasteiger partial charge in [-0.15, -0.1) is 0 Å². The molecule has 4 rings (SSSR count). The maximum Gasteiger partial charge on any atom is 0.282 e. The standard InChI is InChI=1S/C16H18N4O3S/c17-9-12-10-20(7-8-23-12)24(21,22)19-6-5-14-13-3-1-2-4-15(13)18-16(14)11-19/h1-4,12,18H,5-8,10-11H2. The Morgan fingerprint density at radius 3 is 2.92 bits per heavy atom. The number of aromatic nitrogens is 1. The molecule has 0 saturated carbocycles. The van der Waals surface area contributed by atoms with Crippen molar-refractivity contribution in [3.63, 3.8) is 0 Å². The van der Waals surface area contributed by atoms with Crippen molar-refractivity contribution in [2.24, 2.45) is 0 Å². The van der Waals surface area contributed by atoms with E-state index in [4.69, 9.17) is 10.00 Å². The molecule has 24 heavy (non-hydrogen) atoms. The summed E-state index contributed by atoms with van der Waals surface area (Å²) < 4.78 is 33.9. The third-order valence-corrected chi connectivity index (χ3v) is 6.62. The smallest absolute Gasteiger partial charge is 0.282 e. The molecule has 1 N–H and O–H groups in total. The number of ether oxygens (including phenoxy) is 1. The molecule has 0 aliphatic carbocycles. The molecule has 0 amide bonds. The van der Waals surface area contributed by atoms with Crippen LogP contribution in [0, 0.1) is 11.3 Å². The fraction of sp³-hybridized carbons (Fsp3) is 0.438. The second-order valence-corrected chi connectivity index (χ2v) is 7.99. The average molecular weight is 346 g/mol. The molecule has 1 aromatic carbocycles. The zero-order chi connectivity index (χ0) is 16.7. The van der Waals surface area contributed by atoms with E-state index in [-0.39, 0.29) is 19.7 Å². The van der Waals surface area contributed by atoms with Crippen LogP contribution in [0.3, 0.4) is 0 Å². The van der Waals surface area contributed by atoms with E-state index in [1.165, 1.54) is 19.6 Å². The topological polar surface area (TPSA) is 89.4 Å². The lowest BCUT2D eigenvalue weighted by Crippen LogP contribution is -2.51. The number of para-hydroxylation sites is 1. The van der Waals surface area contributed by atoms with Gasteiger partial charge in [0.05, 0.1) is 25.8 Å². The quantitative estimate of drug-likeness (QED) is 0.878. The molecular formula is C16H18N4O3S. The highest BCUT2D eigenvalue weighted by atomic mass is 32.2. The van der Waals surface area contributed by atoms with Crippen LogP contribution in [0.4, 0.5) is 0 Å². The third-order valence-electron chi connectivity index (χ3n) is 4.67. The second kappa shape index (κ2) is 5.86. The molecule has 1 unspecified atom stereocenters. The fourth-order valence-corrected chi connectivity index (χ4v) is 5.01. The van der Waals surface area contributed by atoms with E-state index in [2.05, 4.69) is 11.1 Å². The van der Waals surface area contributed by atoms with Gasteiger partial charge in [0, 0.05) is 29.7 Å². The van der Waals surface area contributed by atoms with Gasteiger partial charge < -0.3 is 9.72 Å². The van der Waals surface area contributed by atoms with Crippen LogP contribution in [0.1, 0.15) is 11.3 Å². The van der Waals surface area contributed by atoms with Crippen molar-refractivity contribution in [2.75, 3.05) is 26.2 Å². The number of morpholine rings is 1. The highest BCUT2D eigenvalue weighted by Crippen LogP contribution is 2.29. The molecule has 2 aliphatic heterocycles. The number of rotatable bonds is 2. The van der Waals surface area contributed by atoms with Crippen molar-refractivity contribution in [1.82, 2.24) is 13.6 Å². The van der Waals surface area contributed by atoms with Gasteiger partial charge in [0.25, 0.3) is 10.2 Å². The minimum atomic E-state index is -3.59. The van der Waals surface area contributed by atoms with Crippen molar-refractivity contribution in [1.29, 1.82) is 5.26 Å². The summed E-state index contributed by atoms with van der Waals surface area (Å²) in [6.07, 6.45) is -0.00752. The number of fused-ring (bicyclic) bond motifs is 3. The first-order valence-electron chi connectivity index (χ1n) is 7.94. The number of nitrogens with zero attached hydrogens (tertiary/aromatic N) is 3. The van der Waals surface area contributed by atoms with Crippen LogP contribution in [0.5, 0.6) is 0 Å². The summed E-state index contributed by atoms with van der Waals surface area (Å²) in [5, 5.41) is 10.1. The summed E-state index contributed by atoms with van der Waals surface area (Å²) in [6.45, 7) is 1.42. The van der Waals surface area contributed by atoms with Crippen LogP contribution in [0.15, 0.2) is 24.3 Å². The van der Waals surface area contributed by atoms with Crippen LogP contribution in [0.25, 0.3) is 10.9 Å². The van der Waals surface area contributed by atoms with E-state index in [0.717, 1.165) is 11.2 Å². The van der Waals surface area contributed by atoms with E-state index in [1.807, 2.05) is 24.3 Å². The van der Waals surface area contributed by atoms with Crippen molar-refractivity contribution in [2.45, 2.75) is 19.1 Å². The maximum absolute atomic E-state index is 12.9. The first-order valence-corrected chi connectivity index (χ1v) is 9.34. The zero-order valence-corrected chi connectivity index (χ0v) is 13.9. The number of nitrogens with one attached hydrogen (secondary N) is 1. The molecule has 1 fully saturated rings. The SMILES string of the molecule is N#CC1CN(S(=O)(=O)N2CCc3c([nH]c4ccccc34)C2)CCO1. The molecule has 2 aliphatic rings. The number of hydrogen-bond donors (Lipinski definition) is 1. The predicted octanol–water partition coefficient (Wildman–Crippen LogP) is 0.995. The molecule has 1 atom stereocenters. The summed E-state index contributed by atoms with van der Waals surface area (Å²) >= 11 is 0. The van der Waals surface area contributed by atoms with Crippen LogP contribution >= 0.6 is 0 Å². The molecule has 0 bridgehead atoms. The van der Waals surface area contributed by atoms with Gasteiger partial charge in [-0.2, -0.15) is 22.3 Å². The largest absolute Gasteiger partial charge is 0.361 e. The molecule has 0 radical (unpaired) electrons. The molecular weight excluding hydrogens is 328 g/mol. The molecule has 8 heteroatoms. The zero-order valence-electron chi connectivity index (χ0n) is 13.1. The number of nitriles is 1. The summed E-state index contributed by atoms with van der Waals surface area (Å²) in [4.78, 5) is 3.34. The van der Waals surface area contributed by atoms with E-state index in [0.29, 0.717) is 19.5 Å². The van der Waals surface area contributed by atoms with E-state index in [1.54, 1.807) is 0 Å². The van der Waals surface area contributed by atoms with Gasteiger partial charge in [-0.1, -0.05) is 18.2 Å². The van der Waals surface area contributed by atoms with Crippen LogP contribution in [0.2, 0.25) is 0 Å². The Morgan fingerprint density at radius 2 is 2.08 bits per heavy atom. The Hall–Kier alpha value is -1.92. The van der Waals surface area contributed by atoms with Crippen LogP contribution in [-0.2, 0) is 27.9 Å². The Bertz CT molecular complexity index is 915. The average Bonchev–Trinajstić information content (AvgIpc) is 2.99. The summed E-state index contributed by atoms with van der Waals surface area (Å²) in [7, 11) is -3.59. The molecule has 1 saturated heterocycles. The minimum absolute atomic E-state index is 0.0922. The Morgan fingerprint density at radius 1 is 1.25 bits per heavy atom. The monoisotopic (exact) mass is 346 g/mol. The number of H-pyrrole nitrogens is 1. The lowest BCUT2D eigenvalue weighted by Gasteiger charge is -2.35. The first kappa shape index (κ1) is 15.6. The maximum atomic E-state index is 12.9. The minimum Gasteiger partial charge on any atom is -0.361 e. The lowest BCUT2D eigenvalue weighted by atomic mass is 10.1. The summed E-state index contributed by atoms with van der Waals surface area (Å²) in [5.74, 6) is 0. The van der Waals surface area contributed by atoms with E-state index >= 15 is 0 Å². The van der Waals surface area contributed by atoms with Gasteiger partial charge in [0.1, 0.15) is 0 Å². The number of hydrogen-bond acceptors (Lipinski definition) is 4. The van der Waals surface area contributed by atoms with Gasteiger partial charge >= 0.3 is 0 Å². The van der Waals surface area contributed by atoms with Crippen LogP contribution in [-0.4, -0.2) is 54.4 Å². The molecule has 2 aromatic rings. The van der Waals surface area contributed by atoms with Crippen molar-refractivity contribution < 1.29 is 13.2 Å². The van der Waals surface area contributed by atoms with Gasteiger partial charge in [0.2, 0.25) is 0 Å². The molecule has 0 spiro atoms. The van der Waals surface area contributed by atoms with Gasteiger partial charge in [-0.25, -0.2) is 0 Å². The van der Waals surface area contributed by atoms with Crippen molar-refractivity contribution in [3.05, 3.63) is 35.5 Å². The van der Waals surface area contributed by atoms with Crippen molar-refractivity contribution >= 4 is 21.1 Å². The highest BCUT2D eigenvalue weighted by Gasteiger charge is 2.36. The second-order valence-electron chi connectivity index (χ2n) is 6.07. The van der Waals surface area contributed by atoms with Gasteiger partial charge in [-0.3, -0.25) is 0 Å². The lowest BCUT2D eigenvalue weighted by molar-refractivity contribution is 0.0287. The van der Waals surface area contributed by atoms with Gasteiger partial charge in [-0.05, 0) is 18.1 Å². The summed E-state index contributed by atoms with van der Waals surface area (Å²) in [5.41, 5.74) is 3.20. The fourth-order valence-electron chi connectivity index (χ4n) is 3.44. The number of benzene rings is 1. The molecule has 7 nitrogen and oxygen atoms in total. The van der Waals surface area contributed by atoms with Crippen molar-refractivity contribution in [3.8, 4) is 6.07 Å². The Labute approximate surface area is 140 Å². The third kappa shape index (κ3) is 2.50. The Kier molecular flexibility index (Phi) is 3.81. The molecule has 1 aromatic heterocycles. The van der Waals surface area contributed by atoms with Crippen LogP contribution < -0.4 is 0 Å². The number of aromatic amines is 1. The molecule has 3 heterocycles. The summed E-state index contributed by atoms with van der Waals surface area (Å²) in [6, 6.07) is 10.0.